The van der Waals surface area contributed by atoms with E-state index in [0.29, 0.717) is 28.5 Å². The van der Waals surface area contributed by atoms with Gasteiger partial charge in [0.25, 0.3) is 17.7 Å². The molecule has 0 radical (unpaired) electrons. The van der Waals surface area contributed by atoms with Crippen LogP contribution in [0.3, 0.4) is 0 Å². The van der Waals surface area contributed by atoms with E-state index in [1.54, 1.807) is 60.7 Å². The van der Waals surface area contributed by atoms with Gasteiger partial charge in [0.2, 0.25) is 0 Å². The second-order valence-electron chi connectivity index (χ2n) is 7.77. The van der Waals surface area contributed by atoms with E-state index in [9.17, 15) is 19.2 Å². The third kappa shape index (κ3) is 5.76. The Balaban J connectivity index is 1.48. The number of ether oxygens (including phenoxy) is 3. The van der Waals surface area contributed by atoms with Crippen molar-refractivity contribution < 1.29 is 33.4 Å². The van der Waals surface area contributed by atoms with E-state index in [1.807, 2.05) is 0 Å². The molecule has 2 N–H and O–H groups in total. The Morgan fingerprint density at radius 3 is 2.41 bits per heavy atom. The zero-order valence-corrected chi connectivity index (χ0v) is 20.0. The number of barbiturate groups is 1. The van der Waals surface area contributed by atoms with Gasteiger partial charge in [-0.3, -0.25) is 19.7 Å². The third-order valence-electron chi connectivity index (χ3n) is 5.35. The van der Waals surface area contributed by atoms with E-state index >= 15 is 0 Å². The number of para-hydroxylation sites is 2. The summed E-state index contributed by atoms with van der Waals surface area (Å²) in [5.74, 6) is -0.584. The van der Waals surface area contributed by atoms with Gasteiger partial charge in [-0.2, -0.15) is 0 Å². The second-order valence-corrected chi connectivity index (χ2v) is 7.77. The molecule has 1 fully saturated rings. The van der Waals surface area contributed by atoms with Crippen molar-refractivity contribution in [3.8, 4) is 17.2 Å². The summed E-state index contributed by atoms with van der Waals surface area (Å²) < 4.78 is 15.9. The van der Waals surface area contributed by atoms with Crippen LogP contribution in [-0.2, 0) is 14.4 Å². The van der Waals surface area contributed by atoms with E-state index in [-0.39, 0.29) is 17.9 Å². The Morgan fingerprint density at radius 1 is 0.919 bits per heavy atom. The molecule has 37 heavy (non-hydrogen) atoms. The molecule has 1 saturated heterocycles. The number of anilines is 2. The topological polar surface area (TPSA) is 123 Å². The molecule has 0 bridgehead atoms. The first kappa shape index (κ1) is 25.0. The highest BCUT2D eigenvalue weighted by Gasteiger charge is 2.36. The Hall–Kier alpha value is -5.12. The van der Waals surface area contributed by atoms with Crippen LogP contribution < -0.4 is 29.7 Å². The molecule has 188 valence electrons. The predicted molar refractivity (Wildman–Crippen MR) is 136 cm³/mol. The van der Waals surface area contributed by atoms with Crippen molar-refractivity contribution >= 4 is 41.2 Å². The van der Waals surface area contributed by atoms with Gasteiger partial charge in [0, 0.05) is 0 Å². The number of hydrogen-bond acceptors (Lipinski definition) is 7. The molecule has 10 nitrogen and oxygen atoms in total. The smallest absolute Gasteiger partial charge is 0.335 e. The molecular formula is C27H23N3O7. The quantitative estimate of drug-likeness (QED) is 0.358. The van der Waals surface area contributed by atoms with Crippen LogP contribution in [0.2, 0.25) is 0 Å². The summed E-state index contributed by atoms with van der Waals surface area (Å²) in [6.07, 6.45) is 1.35. The zero-order chi connectivity index (χ0) is 26.4. The fourth-order valence-electron chi connectivity index (χ4n) is 3.57. The normalized spacial score (nSPS) is 14.3. The highest BCUT2D eigenvalue weighted by atomic mass is 16.5. The lowest BCUT2D eigenvalue weighted by molar-refractivity contribution is -0.122. The lowest BCUT2D eigenvalue weighted by Crippen LogP contribution is -2.54. The lowest BCUT2D eigenvalue weighted by Gasteiger charge is -2.26. The number of nitrogens with one attached hydrogen (secondary N) is 2. The maximum absolute atomic E-state index is 13.1. The monoisotopic (exact) mass is 501 g/mol. The predicted octanol–water partition coefficient (Wildman–Crippen LogP) is 3.39. The second kappa shape index (κ2) is 11.1. The largest absolute Gasteiger partial charge is 0.497 e. The minimum absolute atomic E-state index is 0.235. The van der Waals surface area contributed by atoms with Gasteiger partial charge in [-0.15, -0.1) is 0 Å². The van der Waals surface area contributed by atoms with Gasteiger partial charge < -0.3 is 19.5 Å². The number of imide groups is 2. The van der Waals surface area contributed by atoms with E-state index in [0.717, 1.165) is 4.90 Å². The standard InChI is InChI=1S/C27H23N3O7/c1-35-19-12-10-18(11-13-19)30-26(33)21(25(32)29-27(30)34)15-17-6-5-7-20(14-17)37-16-24(31)28-22-8-3-4-9-23(22)36-2/h3-15H,16H2,1-2H3,(H,28,31)(H,29,32,34)/b21-15+. The van der Waals surface area contributed by atoms with Crippen molar-refractivity contribution in [2.24, 2.45) is 0 Å². The maximum atomic E-state index is 13.1. The van der Waals surface area contributed by atoms with E-state index in [2.05, 4.69) is 10.6 Å². The van der Waals surface area contributed by atoms with Crippen LogP contribution in [-0.4, -0.2) is 44.6 Å². The van der Waals surface area contributed by atoms with E-state index in [4.69, 9.17) is 14.2 Å². The Kier molecular flexibility index (Phi) is 7.48. The summed E-state index contributed by atoms with van der Waals surface area (Å²) in [6.45, 7) is -0.281. The highest BCUT2D eigenvalue weighted by Crippen LogP contribution is 2.25. The minimum Gasteiger partial charge on any atom is -0.497 e. The molecule has 10 heteroatoms. The molecule has 0 atom stereocenters. The van der Waals surface area contributed by atoms with Crippen molar-refractivity contribution in [3.63, 3.8) is 0 Å². The number of nitrogens with zero attached hydrogens (tertiary/aromatic N) is 1. The SMILES string of the molecule is COc1ccc(N2C(=O)NC(=O)/C(=C\c3cccc(OCC(=O)Nc4ccccc4OC)c3)C2=O)cc1. The van der Waals surface area contributed by atoms with Crippen LogP contribution >= 0.6 is 0 Å². The van der Waals surface area contributed by atoms with Crippen LogP contribution in [0.4, 0.5) is 16.2 Å². The Labute approximate surface area is 212 Å². The first-order valence-electron chi connectivity index (χ1n) is 11.1. The number of methoxy groups -OCH3 is 2. The summed E-state index contributed by atoms with van der Waals surface area (Å²) >= 11 is 0. The number of rotatable bonds is 8. The molecule has 4 rings (SSSR count). The van der Waals surface area contributed by atoms with Crippen LogP contribution in [0.1, 0.15) is 5.56 Å². The number of amides is 5. The molecule has 5 amide bonds. The Bertz CT molecular complexity index is 1380. The fraction of sp³-hybridized carbons (Fsp3) is 0.111. The highest BCUT2D eigenvalue weighted by molar-refractivity contribution is 6.39. The van der Waals surface area contributed by atoms with Gasteiger partial charge in [0.15, 0.2) is 6.61 Å². The fourth-order valence-corrected chi connectivity index (χ4v) is 3.57. The average molecular weight is 501 g/mol. The number of hydrogen-bond donors (Lipinski definition) is 2. The van der Waals surface area contributed by atoms with Gasteiger partial charge in [0.05, 0.1) is 25.6 Å². The van der Waals surface area contributed by atoms with Gasteiger partial charge in [-0.25, -0.2) is 9.69 Å². The van der Waals surface area contributed by atoms with Gasteiger partial charge in [-0.1, -0.05) is 24.3 Å². The Morgan fingerprint density at radius 2 is 1.68 bits per heavy atom. The molecule has 0 aliphatic carbocycles. The van der Waals surface area contributed by atoms with Crippen molar-refractivity contribution in [2.45, 2.75) is 0 Å². The van der Waals surface area contributed by atoms with Crippen molar-refractivity contribution in [1.29, 1.82) is 0 Å². The first-order chi connectivity index (χ1) is 17.9. The molecule has 3 aromatic carbocycles. The molecule has 0 saturated carbocycles. The van der Waals surface area contributed by atoms with Crippen LogP contribution in [0.5, 0.6) is 17.2 Å². The molecule has 1 heterocycles. The average Bonchev–Trinajstić information content (AvgIpc) is 2.91. The minimum atomic E-state index is -0.851. The van der Waals surface area contributed by atoms with Crippen molar-refractivity contribution in [3.05, 3.63) is 83.9 Å². The molecular weight excluding hydrogens is 478 g/mol. The van der Waals surface area contributed by atoms with Crippen molar-refractivity contribution in [1.82, 2.24) is 5.32 Å². The van der Waals surface area contributed by atoms with Gasteiger partial charge >= 0.3 is 6.03 Å². The van der Waals surface area contributed by atoms with E-state index < -0.39 is 23.8 Å². The number of carbonyl (C=O) groups is 4. The molecule has 3 aromatic rings. The maximum Gasteiger partial charge on any atom is 0.335 e. The number of urea groups is 1. The summed E-state index contributed by atoms with van der Waals surface area (Å²) in [5.41, 5.74) is 1.02. The summed E-state index contributed by atoms with van der Waals surface area (Å²) in [6, 6.07) is 18.9. The van der Waals surface area contributed by atoms with Crippen molar-refractivity contribution in [2.75, 3.05) is 31.0 Å². The summed E-state index contributed by atoms with van der Waals surface area (Å²) in [5, 5.41) is 4.89. The van der Waals surface area contributed by atoms with Gasteiger partial charge in [0.1, 0.15) is 22.8 Å². The van der Waals surface area contributed by atoms with Crippen LogP contribution in [0, 0.1) is 0 Å². The molecule has 0 spiro atoms. The third-order valence-corrected chi connectivity index (χ3v) is 5.35. The number of benzene rings is 3. The first-order valence-corrected chi connectivity index (χ1v) is 11.1. The lowest BCUT2D eigenvalue weighted by atomic mass is 10.1. The van der Waals surface area contributed by atoms with Crippen LogP contribution in [0.25, 0.3) is 6.08 Å². The molecule has 0 unspecified atom stereocenters. The molecule has 0 aromatic heterocycles. The van der Waals surface area contributed by atoms with Gasteiger partial charge in [-0.05, 0) is 60.2 Å². The number of carbonyl (C=O) groups excluding carboxylic acids is 4. The van der Waals surface area contributed by atoms with E-state index in [1.165, 1.54) is 32.4 Å². The summed E-state index contributed by atoms with van der Waals surface area (Å²) in [7, 11) is 3.00. The summed E-state index contributed by atoms with van der Waals surface area (Å²) in [4.78, 5) is 51.1. The molecule has 1 aliphatic rings. The molecule has 1 aliphatic heterocycles. The van der Waals surface area contributed by atoms with Crippen LogP contribution in [0.15, 0.2) is 78.4 Å². The zero-order valence-electron chi connectivity index (χ0n) is 20.0.